The lowest BCUT2D eigenvalue weighted by atomic mass is 10.1. The number of unbranched alkanes of at least 4 members (excludes halogenated alkanes) is 1. The Morgan fingerprint density at radius 3 is 3.00 bits per heavy atom. The van der Waals surface area contributed by atoms with E-state index in [1.54, 1.807) is 0 Å². The summed E-state index contributed by atoms with van der Waals surface area (Å²) in [5.74, 6) is -0.399. The van der Waals surface area contributed by atoms with Gasteiger partial charge in [-0.15, -0.1) is 0 Å². The lowest BCUT2D eigenvalue weighted by molar-refractivity contribution is 0.555. The molecule has 0 radical (unpaired) electrons. The van der Waals surface area contributed by atoms with Gasteiger partial charge in [0.1, 0.15) is 0 Å². The fourth-order valence-corrected chi connectivity index (χ4v) is 1.63. The second-order valence-corrected chi connectivity index (χ2v) is 3.59. The highest BCUT2D eigenvalue weighted by Crippen LogP contribution is 2.13. The Labute approximate surface area is 87.1 Å². The predicted octanol–water partition coefficient (Wildman–Crippen LogP) is 1.40. The zero-order chi connectivity index (χ0) is 10.7. The summed E-state index contributed by atoms with van der Waals surface area (Å²) in [6.07, 6.45) is 3.09. The Hall–Kier alpha value is -1.55. The van der Waals surface area contributed by atoms with Gasteiger partial charge in [-0.3, -0.25) is 4.98 Å². The molecule has 3 N–H and O–H groups in total. The van der Waals surface area contributed by atoms with Crippen LogP contribution in [0.2, 0.25) is 0 Å². The first-order valence-corrected chi connectivity index (χ1v) is 5.11. The van der Waals surface area contributed by atoms with E-state index in [-0.39, 0.29) is 0 Å². The van der Waals surface area contributed by atoms with E-state index in [0.717, 1.165) is 31.3 Å². The molecular formula is C11H14N2O2. The topological polar surface area (TPSA) is 72.0 Å². The first-order valence-electron chi connectivity index (χ1n) is 5.11. The van der Waals surface area contributed by atoms with Crippen LogP contribution in [0.4, 0.5) is 0 Å². The number of rotatable bonds is 4. The first-order chi connectivity index (χ1) is 7.29. The molecule has 0 atom stereocenters. The van der Waals surface area contributed by atoms with E-state index < -0.39 is 5.76 Å². The van der Waals surface area contributed by atoms with Gasteiger partial charge in [0.2, 0.25) is 0 Å². The van der Waals surface area contributed by atoms with E-state index in [9.17, 15) is 4.79 Å². The minimum Gasteiger partial charge on any atom is -0.408 e. The Morgan fingerprint density at radius 2 is 2.20 bits per heavy atom. The second kappa shape index (κ2) is 4.31. The summed E-state index contributed by atoms with van der Waals surface area (Å²) in [5, 5.41) is 0. The van der Waals surface area contributed by atoms with Crippen LogP contribution in [0.1, 0.15) is 18.4 Å². The van der Waals surface area contributed by atoms with Crippen molar-refractivity contribution >= 4 is 11.1 Å². The summed E-state index contributed by atoms with van der Waals surface area (Å²) < 4.78 is 4.92. The van der Waals surface area contributed by atoms with Gasteiger partial charge in [0.25, 0.3) is 0 Å². The van der Waals surface area contributed by atoms with Crippen molar-refractivity contribution < 1.29 is 4.42 Å². The molecule has 0 amide bonds. The Morgan fingerprint density at radius 1 is 1.33 bits per heavy atom. The molecule has 0 aliphatic heterocycles. The fraction of sp³-hybridized carbons (Fsp3) is 0.364. The molecule has 4 heteroatoms. The van der Waals surface area contributed by atoms with Crippen molar-refractivity contribution in [2.45, 2.75) is 19.3 Å². The van der Waals surface area contributed by atoms with Crippen LogP contribution in [0.15, 0.2) is 27.4 Å². The normalized spacial score (nSPS) is 11.0. The fourth-order valence-electron chi connectivity index (χ4n) is 1.63. The molecule has 2 rings (SSSR count). The molecule has 4 nitrogen and oxygen atoms in total. The van der Waals surface area contributed by atoms with Gasteiger partial charge in [0.15, 0.2) is 5.58 Å². The number of aromatic nitrogens is 1. The molecule has 0 fully saturated rings. The van der Waals surface area contributed by atoms with Crippen LogP contribution in [0, 0.1) is 0 Å². The number of aryl methyl sites for hydroxylation is 1. The number of oxazole rings is 1. The molecule has 0 aliphatic carbocycles. The van der Waals surface area contributed by atoms with E-state index in [1.165, 1.54) is 5.56 Å². The second-order valence-electron chi connectivity index (χ2n) is 3.59. The molecule has 0 aliphatic rings. The Kier molecular flexibility index (Phi) is 2.87. The number of aromatic amines is 1. The minimum absolute atomic E-state index is 0.399. The van der Waals surface area contributed by atoms with E-state index >= 15 is 0 Å². The molecule has 0 bridgehead atoms. The molecule has 2 aromatic rings. The maximum absolute atomic E-state index is 10.9. The predicted molar refractivity (Wildman–Crippen MR) is 58.8 cm³/mol. The van der Waals surface area contributed by atoms with Crippen molar-refractivity contribution in [3.63, 3.8) is 0 Å². The summed E-state index contributed by atoms with van der Waals surface area (Å²) in [6, 6.07) is 5.76. The SMILES string of the molecule is NCCCCc1ccc2oc(=O)[nH]c2c1. The van der Waals surface area contributed by atoms with Crippen molar-refractivity contribution in [1.29, 1.82) is 0 Å². The maximum Gasteiger partial charge on any atom is 0.417 e. The quantitative estimate of drug-likeness (QED) is 0.743. The van der Waals surface area contributed by atoms with Gasteiger partial charge in [-0.05, 0) is 43.5 Å². The number of fused-ring (bicyclic) bond motifs is 1. The van der Waals surface area contributed by atoms with E-state index in [1.807, 2.05) is 18.2 Å². The smallest absolute Gasteiger partial charge is 0.408 e. The summed E-state index contributed by atoms with van der Waals surface area (Å²) in [4.78, 5) is 13.6. The number of benzene rings is 1. The summed E-state index contributed by atoms with van der Waals surface area (Å²) in [6.45, 7) is 0.727. The van der Waals surface area contributed by atoms with E-state index in [0.29, 0.717) is 5.58 Å². The van der Waals surface area contributed by atoms with Crippen LogP contribution < -0.4 is 11.5 Å². The molecule has 1 heterocycles. The average molecular weight is 206 g/mol. The van der Waals surface area contributed by atoms with Gasteiger partial charge in [-0.25, -0.2) is 4.79 Å². The lowest BCUT2D eigenvalue weighted by Gasteiger charge is -1.99. The molecule has 1 aromatic heterocycles. The van der Waals surface area contributed by atoms with Gasteiger partial charge in [-0.2, -0.15) is 0 Å². The molecule has 15 heavy (non-hydrogen) atoms. The van der Waals surface area contributed by atoms with Crippen molar-refractivity contribution in [2.24, 2.45) is 5.73 Å². The number of hydrogen-bond acceptors (Lipinski definition) is 3. The van der Waals surface area contributed by atoms with Crippen molar-refractivity contribution in [3.8, 4) is 0 Å². The molecule has 0 saturated heterocycles. The van der Waals surface area contributed by atoms with Crippen molar-refractivity contribution in [2.75, 3.05) is 6.54 Å². The van der Waals surface area contributed by atoms with Crippen molar-refractivity contribution in [3.05, 3.63) is 34.3 Å². The Balaban J connectivity index is 2.19. The molecule has 0 unspecified atom stereocenters. The molecule has 1 aromatic carbocycles. The average Bonchev–Trinajstić information content (AvgIpc) is 2.57. The minimum atomic E-state index is -0.399. The molecular weight excluding hydrogens is 192 g/mol. The highest BCUT2D eigenvalue weighted by molar-refractivity contribution is 5.72. The molecule has 80 valence electrons. The Bertz CT molecular complexity index is 499. The molecule has 0 saturated carbocycles. The van der Waals surface area contributed by atoms with Crippen LogP contribution in [-0.4, -0.2) is 11.5 Å². The van der Waals surface area contributed by atoms with Gasteiger partial charge >= 0.3 is 5.76 Å². The third-order valence-corrected chi connectivity index (χ3v) is 2.40. The first kappa shape index (κ1) is 9.98. The number of H-pyrrole nitrogens is 1. The zero-order valence-electron chi connectivity index (χ0n) is 8.45. The van der Waals surface area contributed by atoms with Crippen LogP contribution in [-0.2, 0) is 6.42 Å². The third-order valence-electron chi connectivity index (χ3n) is 2.40. The van der Waals surface area contributed by atoms with Gasteiger partial charge in [0, 0.05) is 0 Å². The largest absolute Gasteiger partial charge is 0.417 e. The highest BCUT2D eigenvalue weighted by atomic mass is 16.4. The monoisotopic (exact) mass is 206 g/mol. The standard InChI is InChI=1S/C11H14N2O2/c12-6-2-1-3-8-4-5-10-9(7-8)13-11(14)15-10/h4-5,7H,1-3,6,12H2,(H,13,14). The van der Waals surface area contributed by atoms with Gasteiger partial charge < -0.3 is 10.2 Å². The summed E-state index contributed by atoms with van der Waals surface area (Å²) >= 11 is 0. The number of nitrogens with one attached hydrogen (secondary N) is 1. The van der Waals surface area contributed by atoms with Gasteiger partial charge in [0.05, 0.1) is 5.52 Å². The molecule has 0 spiro atoms. The summed E-state index contributed by atoms with van der Waals surface area (Å²) in [5.41, 5.74) is 8.01. The number of nitrogens with two attached hydrogens (primary N) is 1. The van der Waals surface area contributed by atoms with Crippen LogP contribution in [0.3, 0.4) is 0 Å². The van der Waals surface area contributed by atoms with E-state index in [2.05, 4.69) is 4.98 Å². The lowest BCUT2D eigenvalue weighted by Crippen LogP contribution is -1.98. The van der Waals surface area contributed by atoms with Crippen LogP contribution in [0.25, 0.3) is 11.1 Å². The van der Waals surface area contributed by atoms with Crippen molar-refractivity contribution in [1.82, 2.24) is 4.98 Å². The third kappa shape index (κ3) is 2.27. The highest BCUT2D eigenvalue weighted by Gasteiger charge is 2.01. The maximum atomic E-state index is 10.9. The zero-order valence-corrected chi connectivity index (χ0v) is 8.45. The number of hydrogen-bond donors (Lipinski definition) is 2. The van der Waals surface area contributed by atoms with Crippen LogP contribution in [0.5, 0.6) is 0 Å². The summed E-state index contributed by atoms with van der Waals surface area (Å²) in [7, 11) is 0. The van der Waals surface area contributed by atoms with E-state index in [4.69, 9.17) is 10.2 Å². The van der Waals surface area contributed by atoms with Gasteiger partial charge in [-0.1, -0.05) is 6.07 Å². The van der Waals surface area contributed by atoms with Crippen LogP contribution >= 0.6 is 0 Å².